The van der Waals surface area contributed by atoms with Crippen LogP contribution in [-0.2, 0) is 4.74 Å². The van der Waals surface area contributed by atoms with E-state index >= 15 is 0 Å². The van der Waals surface area contributed by atoms with E-state index < -0.39 is 18.8 Å². The van der Waals surface area contributed by atoms with E-state index in [9.17, 15) is 18.0 Å². The van der Waals surface area contributed by atoms with Crippen molar-refractivity contribution in [2.45, 2.75) is 6.18 Å². The van der Waals surface area contributed by atoms with Crippen LogP contribution < -0.4 is 4.74 Å². The maximum absolute atomic E-state index is 12.0. The van der Waals surface area contributed by atoms with Gasteiger partial charge in [0, 0.05) is 0 Å². The maximum atomic E-state index is 12.0. The highest BCUT2D eigenvalue weighted by atomic mass is 35.5. The van der Waals surface area contributed by atoms with E-state index in [1.54, 1.807) is 0 Å². The molecule has 0 aliphatic rings. The molecule has 0 aliphatic carbocycles. The van der Waals surface area contributed by atoms with Crippen LogP contribution in [-0.4, -0.2) is 25.9 Å². The van der Waals surface area contributed by atoms with Gasteiger partial charge in [0.2, 0.25) is 0 Å². The summed E-state index contributed by atoms with van der Waals surface area (Å²) in [5.74, 6) is -1.12. The molecule has 0 heterocycles. The van der Waals surface area contributed by atoms with Gasteiger partial charge >= 0.3 is 12.1 Å². The van der Waals surface area contributed by atoms with Crippen molar-refractivity contribution in [2.75, 3.05) is 13.7 Å². The molecule has 0 bridgehead atoms. The molecule has 94 valence electrons. The van der Waals surface area contributed by atoms with Crippen molar-refractivity contribution in [3.63, 3.8) is 0 Å². The highest BCUT2D eigenvalue weighted by Gasteiger charge is 2.29. The summed E-state index contributed by atoms with van der Waals surface area (Å²) in [5.41, 5.74) is -0.221. The van der Waals surface area contributed by atoms with Gasteiger partial charge in [-0.25, -0.2) is 4.79 Å². The van der Waals surface area contributed by atoms with Gasteiger partial charge in [-0.3, -0.25) is 0 Å². The molecular formula is C10H8ClF3O3. The molecule has 0 fully saturated rings. The summed E-state index contributed by atoms with van der Waals surface area (Å²) in [7, 11) is 1.10. The SMILES string of the molecule is COC(=O)c1c(Cl)cccc1OCC(F)(F)F. The van der Waals surface area contributed by atoms with Crippen LogP contribution in [0.2, 0.25) is 5.02 Å². The minimum absolute atomic E-state index is 0.0310. The zero-order valence-corrected chi connectivity index (χ0v) is 9.43. The van der Waals surface area contributed by atoms with E-state index in [0.717, 1.165) is 7.11 Å². The fourth-order valence-electron chi connectivity index (χ4n) is 1.08. The van der Waals surface area contributed by atoms with Crippen LogP contribution in [0.4, 0.5) is 13.2 Å². The first-order valence-corrected chi connectivity index (χ1v) is 4.79. The molecule has 0 saturated carbocycles. The fraction of sp³-hybridized carbons (Fsp3) is 0.300. The second kappa shape index (κ2) is 5.27. The predicted octanol–water partition coefficient (Wildman–Crippen LogP) is 3.07. The van der Waals surface area contributed by atoms with Crippen molar-refractivity contribution < 1.29 is 27.4 Å². The van der Waals surface area contributed by atoms with Crippen molar-refractivity contribution in [2.24, 2.45) is 0 Å². The molecule has 1 rings (SSSR count). The number of benzene rings is 1. The van der Waals surface area contributed by atoms with Gasteiger partial charge in [-0.2, -0.15) is 13.2 Å². The second-order valence-corrected chi connectivity index (χ2v) is 3.42. The maximum Gasteiger partial charge on any atom is 0.422 e. The lowest BCUT2D eigenvalue weighted by Gasteiger charge is -2.12. The molecule has 7 heteroatoms. The number of rotatable bonds is 3. The van der Waals surface area contributed by atoms with E-state index in [2.05, 4.69) is 9.47 Å². The Morgan fingerprint density at radius 2 is 2.06 bits per heavy atom. The molecule has 17 heavy (non-hydrogen) atoms. The van der Waals surface area contributed by atoms with Crippen LogP contribution in [0.3, 0.4) is 0 Å². The number of hydrogen-bond donors (Lipinski definition) is 0. The molecular weight excluding hydrogens is 261 g/mol. The average molecular weight is 269 g/mol. The molecule has 0 aliphatic heterocycles. The van der Waals surface area contributed by atoms with E-state index in [1.165, 1.54) is 18.2 Å². The van der Waals surface area contributed by atoms with Crippen LogP contribution in [0, 0.1) is 0 Å². The number of methoxy groups -OCH3 is 1. The van der Waals surface area contributed by atoms with Crippen LogP contribution >= 0.6 is 11.6 Å². The number of alkyl halides is 3. The predicted molar refractivity (Wildman–Crippen MR) is 54.3 cm³/mol. The molecule has 0 radical (unpaired) electrons. The van der Waals surface area contributed by atoms with Gasteiger partial charge in [0.15, 0.2) is 6.61 Å². The van der Waals surface area contributed by atoms with Crippen molar-refractivity contribution in [3.05, 3.63) is 28.8 Å². The summed E-state index contributed by atoms with van der Waals surface area (Å²) < 4.78 is 44.8. The van der Waals surface area contributed by atoms with Crippen molar-refractivity contribution in [1.29, 1.82) is 0 Å². The highest BCUT2D eigenvalue weighted by molar-refractivity contribution is 6.34. The largest absolute Gasteiger partial charge is 0.483 e. The van der Waals surface area contributed by atoms with E-state index in [0.29, 0.717) is 0 Å². The van der Waals surface area contributed by atoms with E-state index in [1.807, 2.05) is 0 Å². The first-order valence-electron chi connectivity index (χ1n) is 4.41. The standard InChI is InChI=1S/C10H8ClF3O3/c1-16-9(15)8-6(11)3-2-4-7(8)17-5-10(12,13)14/h2-4H,5H2,1H3. The summed E-state index contributed by atoms with van der Waals surface area (Å²) in [5, 5.41) is -0.0310. The quantitative estimate of drug-likeness (QED) is 0.791. The topological polar surface area (TPSA) is 35.5 Å². The molecule has 1 aromatic rings. The Balaban J connectivity index is 2.99. The van der Waals surface area contributed by atoms with Gasteiger partial charge in [-0.1, -0.05) is 17.7 Å². The van der Waals surface area contributed by atoms with Gasteiger partial charge in [0.1, 0.15) is 11.3 Å². The lowest BCUT2D eigenvalue weighted by Crippen LogP contribution is -2.20. The highest BCUT2D eigenvalue weighted by Crippen LogP contribution is 2.28. The monoisotopic (exact) mass is 268 g/mol. The Hall–Kier alpha value is -1.43. The molecule has 0 spiro atoms. The smallest absolute Gasteiger partial charge is 0.422 e. The third kappa shape index (κ3) is 3.81. The van der Waals surface area contributed by atoms with Crippen LogP contribution in [0.5, 0.6) is 5.75 Å². The van der Waals surface area contributed by atoms with Crippen LogP contribution in [0.15, 0.2) is 18.2 Å². The molecule has 0 aromatic heterocycles. The molecule has 3 nitrogen and oxygen atoms in total. The number of hydrogen-bond acceptors (Lipinski definition) is 3. The lowest BCUT2D eigenvalue weighted by atomic mass is 10.2. The third-order valence-electron chi connectivity index (χ3n) is 1.76. The number of esters is 1. The molecule has 0 unspecified atom stereocenters. The molecule has 0 amide bonds. The zero-order chi connectivity index (χ0) is 13.1. The zero-order valence-electron chi connectivity index (χ0n) is 8.68. The van der Waals surface area contributed by atoms with Crippen molar-refractivity contribution in [3.8, 4) is 5.75 Å². The Labute approximate surface area is 100 Å². The Morgan fingerprint density at radius 1 is 1.41 bits per heavy atom. The fourth-order valence-corrected chi connectivity index (χ4v) is 1.33. The average Bonchev–Trinajstić information content (AvgIpc) is 2.24. The first kappa shape index (κ1) is 13.6. The normalized spacial score (nSPS) is 11.1. The van der Waals surface area contributed by atoms with E-state index in [4.69, 9.17) is 11.6 Å². The van der Waals surface area contributed by atoms with Gasteiger partial charge < -0.3 is 9.47 Å². The molecule has 0 N–H and O–H groups in total. The molecule has 1 aromatic carbocycles. The van der Waals surface area contributed by atoms with Crippen LogP contribution in [0.25, 0.3) is 0 Å². The van der Waals surface area contributed by atoms with Gasteiger partial charge in [0.25, 0.3) is 0 Å². The summed E-state index contributed by atoms with van der Waals surface area (Å²) >= 11 is 5.69. The van der Waals surface area contributed by atoms with Crippen LogP contribution in [0.1, 0.15) is 10.4 Å². The minimum atomic E-state index is -4.49. The first-order chi connectivity index (χ1) is 7.85. The number of carbonyl (C=O) groups excluding carboxylic acids is 1. The van der Waals surface area contributed by atoms with Gasteiger partial charge in [-0.05, 0) is 12.1 Å². The van der Waals surface area contributed by atoms with Crippen molar-refractivity contribution in [1.82, 2.24) is 0 Å². The molecule has 0 atom stereocenters. The second-order valence-electron chi connectivity index (χ2n) is 3.01. The Bertz CT molecular complexity index is 418. The summed E-state index contributed by atoms with van der Waals surface area (Å²) in [6.45, 7) is -1.50. The summed E-state index contributed by atoms with van der Waals surface area (Å²) in [4.78, 5) is 11.3. The Morgan fingerprint density at radius 3 is 2.59 bits per heavy atom. The van der Waals surface area contributed by atoms with Crippen molar-refractivity contribution >= 4 is 17.6 Å². The summed E-state index contributed by atoms with van der Waals surface area (Å²) in [6, 6.07) is 3.94. The number of halogens is 4. The third-order valence-corrected chi connectivity index (χ3v) is 2.07. The lowest BCUT2D eigenvalue weighted by molar-refractivity contribution is -0.153. The van der Waals surface area contributed by atoms with E-state index in [-0.39, 0.29) is 16.3 Å². The Kier molecular flexibility index (Phi) is 4.22. The molecule has 0 saturated heterocycles. The van der Waals surface area contributed by atoms with Gasteiger partial charge in [0.05, 0.1) is 12.1 Å². The number of ether oxygens (including phenoxy) is 2. The minimum Gasteiger partial charge on any atom is -0.483 e. The number of carbonyl (C=O) groups is 1. The van der Waals surface area contributed by atoms with Gasteiger partial charge in [-0.15, -0.1) is 0 Å². The summed E-state index contributed by atoms with van der Waals surface area (Å²) in [6.07, 6.45) is -4.49.